The number of hydrogen-bond acceptors (Lipinski definition) is 5. The van der Waals surface area contributed by atoms with Gasteiger partial charge in [0.05, 0.1) is 17.7 Å². The van der Waals surface area contributed by atoms with E-state index in [0.29, 0.717) is 5.82 Å². The van der Waals surface area contributed by atoms with Crippen LogP contribution in [0.3, 0.4) is 0 Å². The summed E-state index contributed by atoms with van der Waals surface area (Å²) in [6.45, 7) is 1.15. The average molecular weight is 351 g/mol. The summed E-state index contributed by atoms with van der Waals surface area (Å²) in [6.07, 6.45) is 1.28. The van der Waals surface area contributed by atoms with Gasteiger partial charge in [-0.25, -0.2) is 18.1 Å². The molecule has 1 aromatic carbocycles. The molecule has 0 saturated carbocycles. The standard InChI is InChI=1S/C11H12Cl2N4O3S/c1-6(11-14-5-15-16-11)17-21(19,20)9-3-2-8(12)7(4-18)10(9)13/h2-3,5-6,17-18H,4H2,1H3,(H,14,15,16). The van der Waals surface area contributed by atoms with Gasteiger partial charge in [0.25, 0.3) is 0 Å². The van der Waals surface area contributed by atoms with Crippen molar-refractivity contribution in [3.05, 3.63) is 39.9 Å². The Bertz CT molecular complexity index is 734. The third-order valence-electron chi connectivity index (χ3n) is 2.77. The van der Waals surface area contributed by atoms with E-state index in [1.165, 1.54) is 18.5 Å². The Morgan fingerprint density at radius 2 is 2.14 bits per heavy atom. The van der Waals surface area contributed by atoms with E-state index in [4.69, 9.17) is 23.2 Å². The molecule has 0 radical (unpaired) electrons. The molecule has 0 bridgehead atoms. The zero-order valence-electron chi connectivity index (χ0n) is 10.8. The van der Waals surface area contributed by atoms with Crippen LogP contribution in [0, 0.1) is 0 Å². The number of sulfonamides is 1. The zero-order valence-corrected chi connectivity index (χ0v) is 13.2. The van der Waals surface area contributed by atoms with Gasteiger partial charge in [0, 0.05) is 10.6 Å². The predicted octanol–water partition coefficient (Wildman–Crippen LogP) is 1.64. The first kappa shape index (κ1) is 16.2. The molecule has 1 heterocycles. The Labute approximate surface area is 131 Å². The van der Waals surface area contributed by atoms with Crippen molar-refractivity contribution in [1.29, 1.82) is 0 Å². The van der Waals surface area contributed by atoms with E-state index in [1.807, 2.05) is 0 Å². The van der Waals surface area contributed by atoms with Gasteiger partial charge in [-0.15, -0.1) is 0 Å². The van der Waals surface area contributed by atoms with E-state index in [9.17, 15) is 13.5 Å². The summed E-state index contributed by atoms with van der Waals surface area (Å²) in [5.74, 6) is 0.367. The molecule has 1 unspecified atom stereocenters. The Morgan fingerprint density at radius 1 is 1.43 bits per heavy atom. The third-order valence-corrected chi connectivity index (χ3v) is 5.25. The van der Waals surface area contributed by atoms with Crippen LogP contribution in [0.1, 0.15) is 24.4 Å². The van der Waals surface area contributed by atoms with E-state index in [1.54, 1.807) is 6.92 Å². The van der Waals surface area contributed by atoms with Gasteiger partial charge in [-0.2, -0.15) is 5.10 Å². The van der Waals surface area contributed by atoms with Gasteiger partial charge in [0.2, 0.25) is 10.0 Å². The fourth-order valence-electron chi connectivity index (χ4n) is 1.70. The number of benzene rings is 1. The van der Waals surface area contributed by atoms with Gasteiger partial charge in [0.15, 0.2) is 0 Å². The minimum atomic E-state index is -3.91. The highest BCUT2D eigenvalue weighted by atomic mass is 35.5. The second-order valence-corrected chi connectivity index (χ2v) is 6.68. The number of rotatable bonds is 5. The third kappa shape index (κ3) is 3.35. The number of aromatic nitrogens is 3. The predicted molar refractivity (Wildman–Crippen MR) is 77.5 cm³/mol. The van der Waals surface area contributed by atoms with Crippen molar-refractivity contribution in [3.8, 4) is 0 Å². The fraction of sp³-hybridized carbons (Fsp3) is 0.273. The van der Waals surface area contributed by atoms with Gasteiger partial charge in [-0.3, -0.25) is 5.10 Å². The molecule has 1 atom stereocenters. The van der Waals surface area contributed by atoms with Gasteiger partial charge < -0.3 is 5.11 Å². The number of nitrogens with zero attached hydrogens (tertiary/aromatic N) is 2. The Kier molecular flexibility index (Phi) is 4.84. The van der Waals surface area contributed by atoms with E-state index in [2.05, 4.69) is 19.9 Å². The fourth-order valence-corrected chi connectivity index (χ4v) is 3.81. The van der Waals surface area contributed by atoms with Crippen molar-refractivity contribution in [3.63, 3.8) is 0 Å². The number of H-pyrrole nitrogens is 1. The lowest BCUT2D eigenvalue weighted by Gasteiger charge is -2.14. The summed E-state index contributed by atoms with van der Waals surface area (Å²) in [5.41, 5.74) is 0.161. The maximum absolute atomic E-state index is 12.4. The lowest BCUT2D eigenvalue weighted by molar-refractivity contribution is 0.281. The van der Waals surface area contributed by atoms with Crippen molar-refractivity contribution in [2.75, 3.05) is 0 Å². The number of halogens is 2. The zero-order chi connectivity index (χ0) is 15.6. The molecule has 10 heteroatoms. The first-order valence-corrected chi connectivity index (χ1v) is 8.06. The van der Waals surface area contributed by atoms with Crippen molar-refractivity contribution in [1.82, 2.24) is 19.9 Å². The molecule has 3 N–H and O–H groups in total. The molecule has 0 fully saturated rings. The topological polar surface area (TPSA) is 108 Å². The summed E-state index contributed by atoms with van der Waals surface area (Å²) in [7, 11) is -3.91. The van der Waals surface area contributed by atoms with Crippen molar-refractivity contribution >= 4 is 33.2 Å². The molecule has 0 amide bonds. The molecule has 1 aromatic heterocycles. The molecule has 2 aromatic rings. The maximum atomic E-state index is 12.4. The van der Waals surface area contributed by atoms with Gasteiger partial charge in [-0.1, -0.05) is 23.2 Å². The van der Waals surface area contributed by atoms with Gasteiger partial charge >= 0.3 is 0 Å². The molecule has 114 valence electrons. The summed E-state index contributed by atoms with van der Waals surface area (Å²) in [5, 5.41) is 15.5. The second-order valence-electron chi connectivity index (χ2n) is 4.21. The first-order chi connectivity index (χ1) is 9.86. The molecular formula is C11H12Cl2N4O3S. The van der Waals surface area contributed by atoms with E-state index in [0.717, 1.165) is 0 Å². The monoisotopic (exact) mass is 350 g/mol. The SMILES string of the molecule is CC(NS(=O)(=O)c1ccc(Cl)c(CO)c1Cl)c1ncn[nH]1. The highest BCUT2D eigenvalue weighted by Gasteiger charge is 2.24. The minimum Gasteiger partial charge on any atom is -0.392 e. The number of nitrogens with one attached hydrogen (secondary N) is 2. The summed E-state index contributed by atoms with van der Waals surface area (Å²) in [4.78, 5) is 3.71. The Morgan fingerprint density at radius 3 is 2.71 bits per heavy atom. The number of aromatic amines is 1. The molecule has 0 spiro atoms. The van der Waals surface area contributed by atoms with Crippen molar-refractivity contribution in [2.24, 2.45) is 0 Å². The van der Waals surface area contributed by atoms with Crippen LogP contribution >= 0.6 is 23.2 Å². The molecular weight excluding hydrogens is 339 g/mol. The largest absolute Gasteiger partial charge is 0.392 e. The first-order valence-electron chi connectivity index (χ1n) is 5.82. The van der Waals surface area contributed by atoms with Crippen LogP contribution in [0.2, 0.25) is 10.0 Å². The van der Waals surface area contributed by atoms with Crippen LogP contribution in [-0.4, -0.2) is 28.7 Å². The minimum absolute atomic E-state index is 0.109. The van der Waals surface area contributed by atoms with Crippen molar-refractivity contribution < 1.29 is 13.5 Å². The molecule has 0 aliphatic heterocycles. The average Bonchev–Trinajstić information content (AvgIpc) is 2.92. The molecule has 21 heavy (non-hydrogen) atoms. The highest BCUT2D eigenvalue weighted by Crippen LogP contribution is 2.31. The lowest BCUT2D eigenvalue weighted by atomic mass is 10.2. The van der Waals surface area contributed by atoms with Crippen LogP contribution in [0.25, 0.3) is 0 Å². The second kappa shape index (κ2) is 6.29. The molecule has 0 aliphatic rings. The smallest absolute Gasteiger partial charge is 0.242 e. The van der Waals surface area contributed by atoms with E-state index >= 15 is 0 Å². The Hall–Kier alpha value is -1.19. The van der Waals surface area contributed by atoms with Crippen LogP contribution < -0.4 is 4.72 Å². The van der Waals surface area contributed by atoms with Gasteiger partial charge in [-0.05, 0) is 19.1 Å². The lowest BCUT2D eigenvalue weighted by Crippen LogP contribution is -2.28. The molecule has 0 saturated heterocycles. The van der Waals surface area contributed by atoms with Gasteiger partial charge in [0.1, 0.15) is 17.0 Å². The van der Waals surface area contributed by atoms with Crippen LogP contribution in [0.4, 0.5) is 0 Å². The number of aliphatic hydroxyl groups excluding tert-OH is 1. The number of aliphatic hydroxyl groups is 1. The molecule has 7 nitrogen and oxygen atoms in total. The van der Waals surface area contributed by atoms with Crippen LogP contribution in [-0.2, 0) is 16.6 Å². The summed E-state index contributed by atoms with van der Waals surface area (Å²) < 4.78 is 27.1. The molecule has 0 aliphatic carbocycles. The Balaban J connectivity index is 2.36. The van der Waals surface area contributed by atoms with Crippen LogP contribution in [0.5, 0.6) is 0 Å². The van der Waals surface area contributed by atoms with Crippen molar-refractivity contribution in [2.45, 2.75) is 24.5 Å². The van der Waals surface area contributed by atoms with E-state index in [-0.39, 0.29) is 20.5 Å². The van der Waals surface area contributed by atoms with E-state index < -0.39 is 22.7 Å². The van der Waals surface area contributed by atoms with Crippen LogP contribution in [0.15, 0.2) is 23.4 Å². The summed E-state index contributed by atoms with van der Waals surface area (Å²) in [6, 6.07) is 2.02. The number of hydrogen-bond donors (Lipinski definition) is 3. The molecule has 2 rings (SSSR count). The summed E-state index contributed by atoms with van der Waals surface area (Å²) >= 11 is 11.9. The normalized spacial score (nSPS) is 13.3. The highest BCUT2D eigenvalue weighted by molar-refractivity contribution is 7.89. The maximum Gasteiger partial charge on any atom is 0.242 e. The quantitative estimate of drug-likeness (QED) is 0.759.